The Morgan fingerprint density at radius 1 is 1.60 bits per heavy atom. The summed E-state index contributed by atoms with van der Waals surface area (Å²) >= 11 is 0. The maximum atomic E-state index is 13.3. The molecule has 0 aliphatic heterocycles. The largest absolute Gasteiger partial charge is 0.461 e. The van der Waals surface area contributed by atoms with Gasteiger partial charge < -0.3 is 10.5 Å². The molecule has 0 radical (unpaired) electrons. The first kappa shape index (κ1) is 13.5. The molecule has 1 aromatic heterocycles. The van der Waals surface area contributed by atoms with E-state index in [1.807, 2.05) is 0 Å². The average Bonchev–Trinajstić information content (AvgIpc) is 2.81. The minimum absolute atomic E-state index is 0.0188. The lowest BCUT2D eigenvalue weighted by atomic mass is 10.2. The average molecular weight is 274 g/mol. The van der Waals surface area contributed by atoms with Gasteiger partial charge in [-0.05, 0) is 25.1 Å². The lowest BCUT2D eigenvalue weighted by Gasteiger charge is -2.06. The number of nitrogen functional groups attached to an aromatic ring is 1. The van der Waals surface area contributed by atoms with Gasteiger partial charge in [0.05, 0.1) is 17.9 Å². The van der Waals surface area contributed by atoms with Crippen molar-refractivity contribution in [1.29, 1.82) is 5.26 Å². The highest BCUT2D eigenvalue weighted by Crippen LogP contribution is 2.20. The summed E-state index contributed by atoms with van der Waals surface area (Å²) in [6.45, 7) is 1.88. The number of rotatable bonds is 3. The van der Waals surface area contributed by atoms with E-state index in [4.69, 9.17) is 15.7 Å². The van der Waals surface area contributed by atoms with E-state index in [0.717, 1.165) is 6.07 Å². The Bertz CT molecular complexity index is 703. The zero-order valence-corrected chi connectivity index (χ0v) is 10.6. The maximum absolute atomic E-state index is 13.3. The number of aromatic nitrogens is 2. The second-order valence-electron chi connectivity index (χ2n) is 3.84. The molecule has 0 unspecified atom stereocenters. The molecule has 7 heteroatoms. The standard InChI is InChI=1S/C13H11FN4O2/c1-2-20-13(19)11-12(16)18(7-17-11)9-3-4-10(14)8(5-9)6-15/h3-5,7H,2,16H2,1H3. The first-order chi connectivity index (χ1) is 9.58. The smallest absolute Gasteiger partial charge is 0.360 e. The molecule has 0 bridgehead atoms. The zero-order valence-electron chi connectivity index (χ0n) is 10.6. The van der Waals surface area contributed by atoms with Crippen molar-refractivity contribution in [2.24, 2.45) is 0 Å². The number of halogens is 1. The van der Waals surface area contributed by atoms with Gasteiger partial charge in [-0.25, -0.2) is 14.2 Å². The molecule has 2 rings (SSSR count). The Balaban J connectivity index is 2.45. The van der Waals surface area contributed by atoms with Gasteiger partial charge in [0.25, 0.3) is 0 Å². The van der Waals surface area contributed by atoms with Crippen molar-refractivity contribution in [2.45, 2.75) is 6.92 Å². The van der Waals surface area contributed by atoms with Crippen molar-refractivity contribution >= 4 is 11.8 Å². The normalized spacial score (nSPS) is 10.1. The molecule has 0 aliphatic carbocycles. The van der Waals surface area contributed by atoms with Gasteiger partial charge in [-0.1, -0.05) is 0 Å². The van der Waals surface area contributed by atoms with E-state index in [2.05, 4.69) is 4.98 Å². The fraction of sp³-hybridized carbons (Fsp3) is 0.154. The van der Waals surface area contributed by atoms with E-state index in [1.165, 1.54) is 23.0 Å². The van der Waals surface area contributed by atoms with Gasteiger partial charge in [0.1, 0.15) is 24.0 Å². The second kappa shape index (κ2) is 5.40. The van der Waals surface area contributed by atoms with Crippen LogP contribution in [0.5, 0.6) is 0 Å². The van der Waals surface area contributed by atoms with E-state index in [1.54, 1.807) is 13.0 Å². The van der Waals surface area contributed by atoms with Crippen LogP contribution < -0.4 is 5.73 Å². The number of nitriles is 1. The first-order valence-electron chi connectivity index (χ1n) is 5.78. The number of anilines is 1. The van der Waals surface area contributed by atoms with Crippen LogP contribution in [0.25, 0.3) is 5.69 Å². The molecule has 1 aromatic carbocycles. The topological polar surface area (TPSA) is 93.9 Å². The number of imidazole rings is 1. The third-order valence-electron chi connectivity index (χ3n) is 2.62. The van der Waals surface area contributed by atoms with E-state index in [0.29, 0.717) is 5.69 Å². The Labute approximate surface area is 114 Å². The number of nitrogens with zero attached hydrogens (tertiary/aromatic N) is 3. The molecule has 0 saturated carbocycles. The summed E-state index contributed by atoms with van der Waals surface area (Å²) in [4.78, 5) is 15.5. The minimum Gasteiger partial charge on any atom is -0.461 e. The minimum atomic E-state index is -0.633. The van der Waals surface area contributed by atoms with Gasteiger partial charge in [0, 0.05) is 0 Å². The molecule has 0 spiro atoms. The first-order valence-corrected chi connectivity index (χ1v) is 5.78. The van der Waals surface area contributed by atoms with Gasteiger partial charge in [-0.15, -0.1) is 0 Å². The number of ether oxygens (including phenoxy) is 1. The van der Waals surface area contributed by atoms with Crippen LogP contribution in [0, 0.1) is 17.1 Å². The van der Waals surface area contributed by atoms with Crippen molar-refractivity contribution in [1.82, 2.24) is 9.55 Å². The number of benzene rings is 1. The van der Waals surface area contributed by atoms with E-state index in [-0.39, 0.29) is 23.7 Å². The molecule has 1 heterocycles. The van der Waals surface area contributed by atoms with Gasteiger partial charge in [0.2, 0.25) is 0 Å². The molecule has 0 amide bonds. The third kappa shape index (κ3) is 2.31. The maximum Gasteiger partial charge on any atom is 0.360 e. The second-order valence-corrected chi connectivity index (χ2v) is 3.84. The molecule has 0 fully saturated rings. The van der Waals surface area contributed by atoms with Crippen LogP contribution in [0.4, 0.5) is 10.2 Å². The van der Waals surface area contributed by atoms with Crippen molar-refractivity contribution in [3.05, 3.63) is 41.6 Å². The summed E-state index contributed by atoms with van der Waals surface area (Å²) in [7, 11) is 0. The predicted octanol–water partition coefficient (Wildman–Crippen LogP) is 1.64. The number of carbonyl (C=O) groups is 1. The zero-order chi connectivity index (χ0) is 14.7. The summed E-state index contributed by atoms with van der Waals surface area (Å²) in [6.07, 6.45) is 1.32. The molecule has 20 heavy (non-hydrogen) atoms. The van der Waals surface area contributed by atoms with E-state index >= 15 is 0 Å². The van der Waals surface area contributed by atoms with Crippen LogP contribution in [-0.4, -0.2) is 22.1 Å². The third-order valence-corrected chi connectivity index (χ3v) is 2.62. The summed E-state index contributed by atoms with van der Waals surface area (Å²) in [5.74, 6) is -1.19. The van der Waals surface area contributed by atoms with Crippen molar-refractivity contribution in [3.63, 3.8) is 0 Å². The van der Waals surface area contributed by atoms with Crippen molar-refractivity contribution < 1.29 is 13.9 Å². The highest BCUT2D eigenvalue weighted by atomic mass is 19.1. The van der Waals surface area contributed by atoms with Gasteiger partial charge in [0.15, 0.2) is 5.69 Å². The summed E-state index contributed by atoms with van der Waals surface area (Å²) < 4.78 is 19.5. The van der Waals surface area contributed by atoms with Gasteiger partial charge in [-0.3, -0.25) is 4.57 Å². The number of hydrogen-bond donors (Lipinski definition) is 1. The molecular formula is C13H11FN4O2. The van der Waals surface area contributed by atoms with Gasteiger partial charge in [-0.2, -0.15) is 5.26 Å². The summed E-state index contributed by atoms with van der Waals surface area (Å²) in [6, 6.07) is 5.64. The summed E-state index contributed by atoms with van der Waals surface area (Å²) in [5, 5.41) is 8.80. The Morgan fingerprint density at radius 3 is 3.00 bits per heavy atom. The van der Waals surface area contributed by atoms with Crippen molar-refractivity contribution in [2.75, 3.05) is 12.3 Å². The molecule has 0 saturated heterocycles. The number of esters is 1. The van der Waals surface area contributed by atoms with Crippen LogP contribution in [0.1, 0.15) is 23.0 Å². The number of carbonyl (C=O) groups excluding carboxylic acids is 1. The van der Waals surface area contributed by atoms with E-state index < -0.39 is 11.8 Å². The molecule has 2 N–H and O–H groups in total. The van der Waals surface area contributed by atoms with Crippen LogP contribution in [0.3, 0.4) is 0 Å². The number of nitrogens with two attached hydrogens (primary N) is 1. The Kier molecular flexibility index (Phi) is 3.66. The van der Waals surface area contributed by atoms with Crippen LogP contribution >= 0.6 is 0 Å². The Hall–Kier alpha value is -2.88. The lowest BCUT2D eigenvalue weighted by molar-refractivity contribution is 0.0521. The molecule has 2 aromatic rings. The van der Waals surface area contributed by atoms with Crippen LogP contribution in [0.15, 0.2) is 24.5 Å². The fourth-order valence-corrected chi connectivity index (χ4v) is 1.67. The number of hydrogen-bond acceptors (Lipinski definition) is 5. The lowest BCUT2D eigenvalue weighted by Crippen LogP contribution is -2.09. The molecular weight excluding hydrogens is 263 g/mol. The highest BCUT2D eigenvalue weighted by Gasteiger charge is 2.18. The van der Waals surface area contributed by atoms with Crippen LogP contribution in [-0.2, 0) is 4.74 Å². The monoisotopic (exact) mass is 274 g/mol. The van der Waals surface area contributed by atoms with E-state index in [9.17, 15) is 9.18 Å². The molecule has 6 nitrogen and oxygen atoms in total. The quantitative estimate of drug-likeness (QED) is 0.859. The Morgan fingerprint density at radius 2 is 2.35 bits per heavy atom. The van der Waals surface area contributed by atoms with Gasteiger partial charge >= 0.3 is 5.97 Å². The van der Waals surface area contributed by atoms with Crippen LogP contribution in [0.2, 0.25) is 0 Å². The molecule has 0 aliphatic rings. The molecule has 102 valence electrons. The SMILES string of the molecule is CCOC(=O)c1ncn(-c2ccc(F)c(C#N)c2)c1N. The highest BCUT2D eigenvalue weighted by molar-refractivity contribution is 5.92. The predicted molar refractivity (Wildman–Crippen MR) is 68.6 cm³/mol. The summed E-state index contributed by atoms with van der Waals surface area (Å²) in [5.41, 5.74) is 6.12. The molecule has 0 atom stereocenters. The fourth-order valence-electron chi connectivity index (χ4n) is 1.67. The van der Waals surface area contributed by atoms with Crippen molar-refractivity contribution in [3.8, 4) is 11.8 Å².